The minimum absolute atomic E-state index is 1.02. The van der Waals surface area contributed by atoms with Crippen LogP contribution in [0.5, 0.6) is 0 Å². The molecule has 1 atom stereocenters. The molecule has 0 aliphatic carbocycles. The minimum atomic E-state index is 1.02. The smallest absolute Gasteiger partial charge is 0.0385 e. The van der Waals surface area contributed by atoms with Crippen molar-refractivity contribution in [2.45, 2.75) is 6.29 Å². The summed E-state index contributed by atoms with van der Waals surface area (Å²) >= 11 is 0. The van der Waals surface area contributed by atoms with Gasteiger partial charge in [-0.25, -0.2) is 0 Å². The molecule has 1 nitrogen and oxygen atoms in total. The molecule has 8 heavy (non-hydrogen) atoms. The van der Waals surface area contributed by atoms with E-state index in [2.05, 4.69) is 35.8 Å². The van der Waals surface area contributed by atoms with Crippen molar-refractivity contribution < 1.29 is 0 Å². The van der Waals surface area contributed by atoms with E-state index in [9.17, 15) is 0 Å². The van der Waals surface area contributed by atoms with Gasteiger partial charge < -0.3 is 4.57 Å². The second-order valence-corrected chi connectivity index (χ2v) is 2.73. The van der Waals surface area contributed by atoms with Crippen LogP contribution in [-0.4, -0.2) is 11.2 Å². The highest BCUT2D eigenvalue weighted by atomic mass is 31.1. The molecule has 0 spiro atoms. The number of hydrogen-bond donors (Lipinski definition) is 0. The van der Waals surface area contributed by atoms with Gasteiger partial charge in [0.15, 0.2) is 0 Å². The average molecular weight is 127 g/mol. The van der Waals surface area contributed by atoms with Gasteiger partial charge in [-0.3, -0.25) is 0 Å². The highest BCUT2D eigenvalue weighted by Gasteiger charge is 1.80. The first kappa shape index (κ1) is 5.84. The maximum Gasteiger partial charge on any atom is 0.0385 e. The van der Waals surface area contributed by atoms with E-state index >= 15 is 0 Å². The van der Waals surface area contributed by atoms with Crippen molar-refractivity contribution in [3.8, 4) is 0 Å². The molecule has 0 saturated heterocycles. The van der Waals surface area contributed by atoms with Gasteiger partial charge in [0.2, 0.25) is 0 Å². The van der Waals surface area contributed by atoms with Gasteiger partial charge in [0, 0.05) is 18.7 Å². The second-order valence-electron chi connectivity index (χ2n) is 1.71. The number of hydrogen-bond acceptors (Lipinski definition) is 0. The highest BCUT2D eigenvalue weighted by molar-refractivity contribution is 7.35. The van der Waals surface area contributed by atoms with Crippen molar-refractivity contribution in [2.24, 2.45) is 0 Å². The van der Waals surface area contributed by atoms with Gasteiger partial charge in [-0.15, -0.1) is 8.58 Å². The minimum Gasteiger partial charge on any atom is -0.350 e. The molecule has 0 fully saturated rings. The predicted molar refractivity (Wildman–Crippen MR) is 38.7 cm³/mol. The zero-order valence-electron chi connectivity index (χ0n) is 4.96. The molecule has 0 bridgehead atoms. The Morgan fingerprint density at radius 3 is 2.50 bits per heavy atom. The molecule has 1 heterocycles. The third-order valence-electron chi connectivity index (χ3n) is 1.01. The third kappa shape index (κ3) is 1.34. The Balaban J connectivity index is 2.50. The first-order valence-electron chi connectivity index (χ1n) is 2.69. The van der Waals surface area contributed by atoms with E-state index < -0.39 is 0 Å². The summed E-state index contributed by atoms with van der Waals surface area (Å²) in [4.78, 5) is 0. The normalized spacial score (nSPS) is 11.1. The summed E-state index contributed by atoms with van der Waals surface area (Å²) in [5.41, 5.74) is 0. The van der Waals surface area contributed by atoms with Gasteiger partial charge in [-0.05, 0) is 18.8 Å². The van der Waals surface area contributed by atoms with Gasteiger partial charge in [-0.2, -0.15) is 0 Å². The van der Waals surface area contributed by atoms with Crippen LogP contribution in [0.25, 0.3) is 0 Å². The molecule has 1 unspecified atom stereocenters. The molecule has 0 aromatic carbocycles. The van der Waals surface area contributed by atoms with Crippen molar-refractivity contribution in [3.05, 3.63) is 24.5 Å². The zero-order chi connectivity index (χ0) is 5.82. The molecule has 1 aromatic heterocycles. The fourth-order valence-corrected chi connectivity index (χ4v) is 1.23. The van der Waals surface area contributed by atoms with Crippen LogP contribution in [0, 0.1) is 0 Å². The largest absolute Gasteiger partial charge is 0.350 e. The molecule has 0 aliphatic heterocycles. The molecule has 1 rings (SSSR count). The van der Waals surface area contributed by atoms with E-state index in [-0.39, 0.29) is 0 Å². The Labute approximate surface area is 51.5 Å². The monoisotopic (exact) mass is 127 g/mol. The van der Waals surface area contributed by atoms with Gasteiger partial charge in [-0.1, -0.05) is 0 Å². The van der Waals surface area contributed by atoms with E-state index in [0.717, 1.165) is 8.58 Å². The molecule has 0 N–H and O–H groups in total. The van der Waals surface area contributed by atoms with Crippen LogP contribution >= 0.6 is 8.58 Å². The first-order chi connectivity index (χ1) is 3.93. The molecule has 0 radical (unpaired) electrons. The maximum absolute atomic E-state index is 2.21. The third-order valence-corrected chi connectivity index (χ3v) is 1.69. The second kappa shape index (κ2) is 2.88. The number of nitrogens with zero attached hydrogens (tertiary/aromatic N) is 1. The molecule has 0 saturated carbocycles. The van der Waals surface area contributed by atoms with Crippen molar-refractivity contribution in [1.29, 1.82) is 0 Å². The Morgan fingerprint density at radius 1 is 1.38 bits per heavy atom. The molecular formula is C6H10NP. The Kier molecular flexibility index (Phi) is 2.11. The average Bonchev–Trinajstić information content (AvgIpc) is 2.19. The number of rotatable bonds is 2. The van der Waals surface area contributed by atoms with Gasteiger partial charge in [0.25, 0.3) is 0 Å². The summed E-state index contributed by atoms with van der Waals surface area (Å²) in [5.74, 6) is 0. The molecule has 0 amide bonds. The maximum atomic E-state index is 2.21. The Morgan fingerprint density at radius 2 is 2.00 bits per heavy atom. The molecule has 2 heteroatoms. The summed E-state index contributed by atoms with van der Waals surface area (Å²) in [7, 11) is 1.02. The topological polar surface area (TPSA) is 4.93 Å². The molecule has 0 aliphatic rings. The van der Waals surface area contributed by atoms with Crippen LogP contribution in [0.4, 0.5) is 0 Å². The van der Waals surface area contributed by atoms with Gasteiger partial charge >= 0.3 is 0 Å². The van der Waals surface area contributed by atoms with Crippen molar-refractivity contribution in [3.63, 3.8) is 0 Å². The fraction of sp³-hybridized carbons (Fsp3) is 0.333. The molecule has 1 aromatic rings. The quantitative estimate of drug-likeness (QED) is 0.533. The van der Waals surface area contributed by atoms with E-state index in [0.29, 0.717) is 0 Å². The van der Waals surface area contributed by atoms with Crippen LogP contribution < -0.4 is 0 Å². The molecule has 44 valence electrons. The summed E-state index contributed by atoms with van der Waals surface area (Å²) in [5, 5.41) is 0. The SMILES string of the molecule is CPCn1cccc1. The number of aromatic nitrogens is 1. The van der Waals surface area contributed by atoms with Crippen molar-refractivity contribution in [1.82, 2.24) is 4.57 Å². The summed E-state index contributed by atoms with van der Waals surface area (Å²) < 4.78 is 2.19. The van der Waals surface area contributed by atoms with Crippen LogP contribution in [0.2, 0.25) is 0 Å². The predicted octanol–water partition coefficient (Wildman–Crippen LogP) is 1.75. The van der Waals surface area contributed by atoms with Gasteiger partial charge in [0.1, 0.15) is 0 Å². The zero-order valence-corrected chi connectivity index (χ0v) is 5.96. The Hall–Kier alpha value is -0.290. The lowest BCUT2D eigenvalue weighted by Gasteiger charge is -1.95. The lowest BCUT2D eigenvalue weighted by atomic mass is 10.7. The van der Waals surface area contributed by atoms with E-state index in [4.69, 9.17) is 0 Å². The highest BCUT2D eigenvalue weighted by Crippen LogP contribution is 2.05. The van der Waals surface area contributed by atoms with Crippen LogP contribution in [-0.2, 0) is 6.29 Å². The first-order valence-corrected chi connectivity index (χ1v) is 4.39. The summed E-state index contributed by atoms with van der Waals surface area (Å²) in [6.45, 7) is 2.21. The lowest BCUT2D eigenvalue weighted by Crippen LogP contribution is -1.84. The van der Waals surface area contributed by atoms with E-state index in [1.807, 2.05) is 0 Å². The summed E-state index contributed by atoms with van der Waals surface area (Å²) in [6, 6.07) is 4.11. The van der Waals surface area contributed by atoms with E-state index in [1.165, 1.54) is 6.29 Å². The van der Waals surface area contributed by atoms with Crippen LogP contribution in [0.15, 0.2) is 24.5 Å². The van der Waals surface area contributed by atoms with Crippen LogP contribution in [0.3, 0.4) is 0 Å². The lowest BCUT2D eigenvalue weighted by molar-refractivity contribution is 0.899. The molecular weight excluding hydrogens is 117 g/mol. The van der Waals surface area contributed by atoms with E-state index in [1.54, 1.807) is 0 Å². The van der Waals surface area contributed by atoms with Crippen molar-refractivity contribution >= 4 is 8.58 Å². The summed E-state index contributed by atoms with van der Waals surface area (Å²) in [6.07, 6.45) is 5.36. The van der Waals surface area contributed by atoms with Gasteiger partial charge in [0.05, 0.1) is 0 Å². The fourth-order valence-electron chi connectivity index (χ4n) is 0.658. The van der Waals surface area contributed by atoms with Crippen LogP contribution in [0.1, 0.15) is 0 Å². The van der Waals surface area contributed by atoms with Crippen molar-refractivity contribution in [2.75, 3.05) is 6.66 Å². The standard InChI is InChI=1S/C6H10NP/c1-8-6-7-4-2-3-5-7/h2-5,8H,6H2,1H3. The Bertz CT molecular complexity index is 134.